The minimum Gasteiger partial charge on any atom is -0.480 e. The number of piperidine rings is 1. The maximum Gasteiger partial charge on any atom is 0.320 e. The van der Waals surface area contributed by atoms with Gasteiger partial charge in [-0.15, -0.1) is 0 Å². The average Bonchev–Trinajstić information content (AvgIpc) is 2.34. The molecule has 0 amide bonds. The van der Waals surface area contributed by atoms with Gasteiger partial charge in [0.25, 0.3) is 0 Å². The van der Waals surface area contributed by atoms with E-state index in [2.05, 4.69) is 5.32 Å². The highest BCUT2D eigenvalue weighted by molar-refractivity contribution is 5.73. The topological polar surface area (TPSA) is 67.8 Å². The quantitative estimate of drug-likeness (QED) is 0.625. The van der Waals surface area contributed by atoms with Crippen LogP contribution >= 0.6 is 0 Å². The lowest BCUT2D eigenvalue weighted by molar-refractivity contribution is -0.140. The lowest BCUT2D eigenvalue weighted by atomic mass is 9.97. The maximum absolute atomic E-state index is 10.8. The average molecular weight is 245 g/mol. The molecule has 0 aromatic heterocycles. The van der Waals surface area contributed by atoms with Crippen LogP contribution < -0.4 is 5.32 Å². The first kappa shape index (κ1) is 14.4. The fourth-order valence-electron chi connectivity index (χ4n) is 2.07. The largest absolute Gasteiger partial charge is 0.480 e. The summed E-state index contributed by atoms with van der Waals surface area (Å²) in [5.41, 5.74) is 0. The van der Waals surface area contributed by atoms with E-state index in [9.17, 15) is 4.79 Å². The van der Waals surface area contributed by atoms with E-state index in [1.807, 2.05) is 0 Å². The second kappa shape index (κ2) is 8.44. The molecule has 100 valence electrons. The summed E-state index contributed by atoms with van der Waals surface area (Å²) in [7, 11) is 1.68. The van der Waals surface area contributed by atoms with Crippen LogP contribution in [-0.4, -0.2) is 50.1 Å². The smallest absolute Gasteiger partial charge is 0.320 e. The molecule has 5 heteroatoms. The number of hydrogen-bond donors (Lipinski definition) is 2. The fraction of sp³-hybridized carbons (Fsp3) is 0.917. The molecule has 0 spiro atoms. The Morgan fingerprint density at radius 2 is 2.18 bits per heavy atom. The van der Waals surface area contributed by atoms with Crippen molar-refractivity contribution in [3.8, 4) is 0 Å². The van der Waals surface area contributed by atoms with Gasteiger partial charge in [0, 0.05) is 33.0 Å². The Bertz CT molecular complexity index is 223. The molecule has 1 fully saturated rings. The van der Waals surface area contributed by atoms with E-state index >= 15 is 0 Å². The van der Waals surface area contributed by atoms with Gasteiger partial charge in [0.15, 0.2) is 0 Å². The number of carbonyl (C=O) groups is 1. The molecule has 0 aliphatic carbocycles. The van der Waals surface area contributed by atoms with Crippen molar-refractivity contribution in [2.75, 3.05) is 26.9 Å². The highest BCUT2D eigenvalue weighted by atomic mass is 16.5. The Labute approximate surface area is 102 Å². The molecule has 5 nitrogen and oxygen atoms in total. The molecule has 2 N–H and O–H groups in total. The van der Waals surface area contributed by atoms with Gasteiger partial charge < -0.3 is 19.9 Å². The summed E-state index contributed by atoms with van der Waals surface area (Å²) < 4.78 is 10.4. The lowest BCUT2D eigenvalue weighted by Gasteiger charge is -2.28. The summed E-state index contributed by atoms with van der Waals surface area (Å²) in [5, 5.41) is 12.1. The number of nitrogens with one attached hydrogen (secondary N) is 1. The Morgan fingerprint density at radius 3 is 2.88 bits per heavy atom. The van der Waals surface area contributed by atoms with Crippen LogP contribution in [0.4, 0.5) is 0 Å². The van der Waals surface area contributed by atoms with Crippen molar-refractivity contribution in [2.45, 2.75) is 44.2 Å². The minimum atomic E-state index is -0.740. The molecule has 2 unspecified atom stereocenters. The first-order valence-electron chi connectivity index (χ1n) is 6.29. The molecule has 0 saturated carbocycles. The van der Waals surface area contributed by atoms with E-state index in [1.165, 1.54) is 0 Å². The number of hydrogen-bond acceptors (Lipinski definition) is 4. The first-order chi connectivity index (χ1) is 8.24. The number of carboxylic acid groups (broad SMARTS) is 1. The van der Waals surface area contributed by atoms with E-state index in [1.54, 1.807) is 7.11 Å². The molecule has 0 bridgehead atoms. The van der Waals surface area contributed by atoms with Gasteiger partial charge in [0.05, 0.1) is 0 Å². The molecule has 1 rings (SSSR count). The third-order valence-corrected chi connectivity index (χ3v) is 3.03. The van der Waals surface area contributed by atoms with Crippen LogP contribution in [0.3, 0.4) is 0 Å². The summed E-state index contributed by atoms with van der Waals surface area (Å²) in [6.45, 7) is 2.12. The van der Waals surface area contributed by atoms with E-state index in [0.717, 1.165) is 38.7 Å². The third-order valence-electron chi connectivity index (χ3n) is 3.03. The predicted molar refractivity (Wildman–Crippen MR) is 64.1 cm³/mol. The van der Waals surface area contributed by atoms with E-state index in [-0.39, 0.29) is 12.1 Å². The predicted octanol–water partition coefficient (Wildman–Crippen LogP) is 1.02. The summed E-state index contributed by atoms with van der Waals surface area (Å²) in [6, 6.07) is -0.0884. The van der Waals surface area contributed by atoms with Gasteiger partial charge in [-0.2, -0.15) is 0 Å². The van der Waals surface area contributed by atoms with E-state index in [4.69, 9.17) is 14.6 Å². The van der Waals surface area contributed by atoms with E-state index in [0.29, 0.717) is 13.2 Å². The van der Waals surface area contributed by atoms with Crippen LogP contribution in [0.5, 0.6) is 0 Å². The van der Waals surface area contributed by atoms with Crippen molar-refractivity contribution < 1.29 is 19.4 Å². The molecule has 0 aromatic carbocycles. The van der Waals surface area contributed by atoms with Gasteiger partial charge in [-0.25, -0.2) is 0 Å². The first-order valence-corrected chi connectivity index (χ1v) is 6.29. The lowest BCUT2D eigenvalue weighted by Crippen LogP contribution is -2.47. The molecule has 1 aliphatic rings. The number of aliphatic carboxylic acids is 1. The van der Waals surface area contributed by atoms with Crippen molar-refractivity contribution in [3.63, 3.8) is 0 Å². The molecule has 0 radical (unpaired) electrons. The summed E-state index contributed by atoms with van der Waals surface area (Å²) in [5.74, 6) is -0.740. The number of methoxy groups -OCH3 is 1. The van der Waals surface area contributed by atoms with Crippen LogP contribution in [0.25, 0.3) is 0 Å². The number of rotatable bonds is 8. The second-order valence-corrected chi connectivity index (χ2v) is 4.43. The Balaban J connectivity index is 2.04. The van der Waals surface area contributed by atoms with Gasteiger partial charge in [-0.05, 0) is 32.1 Å². The van der Waals surface area contributed by atoms with Crippen molar-refractivity contribution in [3.05, 3.63) is 0 Å². The fourth-order valence-corrected chi connectivity index (χ4v) is 2.07. The van der Waals surface area contributed by atoms with Gasteiger partial charge in [-0.1, -0.05) is 0 Å². The van der Waals surface area contributed by atoms with Crippen molar-refractivity contribution in [1.82, 2.24) is 5.32 Å². The van der Waals surface area contributed by atoms with Crippen LogP contribution in [0.1, 0.15) is 32.1 Å². The standard InChI is InChI=1S/C12H23NO4/c1-16-7-3-8-17-9-6-10-4-2-5-11(13-10)12(14)15/h10-11,13H,2-9H2,1H3,(H,14,15). The van der Waals surface area contributed by atoms with Gasteiger partial charge in [-0.3, -0.25) is 4.79 Å². The molecule has 1 aliphatic heterocycles. The highest BCUT2D eigenvalue weighted by Gasteiger charge is 2.25. The summed E-state index contributed by atoms with van der Waals surface area (Å²) >= 11 is 0. The molecule has 17 heavy (non-hydrogen) atoms. The van der Waals surface area contributed by atoms with Gasteiger partial charge >= 0.3 is 5.97 Å². The number of ether oxygens (including phenoxy) is 2. The Morgan fingerprint density at radius 1 is 1.35 bits per heavy atom. The monoisotopic (exact) mass is 245 g/mol. The Kier molecular flexibility index (Phi) is 7.16. The SMILES string of the molecule is COCCCOCCC1CCCC(C(=O)O)N1. The molecule has 0 aromatic rings. The van der Waals surface area contributed by atoms with Crippen molar-refractivity contribution in [2.24, 2.45) is 0 Å². The molecular formula is C12H23NO4. The zero-order chi connectivity index (χ0) is 12.5. The molecule has 2 atom stereocenters. The second-order valence-electron chi connectivity index (χ2n) is 4.43. The van der Waals surface area contributed by atoms with Crippen LogP contribution in [-0.2, 0) is 14.3 Å². The minimum absolute atomic E-state index is 0.285. The summed E-state index contributed by atoms with van der Waals surface area (Å²) in [4.78, 5) is 10.8. The normalized spacial score (nSPS) is 24.8. The van der Waals surface area contributed by atoms with Crippen LogP contribution in [0.2, 0.25) is 0 Å². The summed E-state index contributed by atoms with van der Waals surface area (Å²) in [6.07, 6.45) is 4.56. The third kappa shape index (κ3) is 6.00. The molecule has 1 saturated heterocycles. The van der Waals surface area contributed by atoms with Gasteiger partial charge in [0.2, 0.25) is 0 Å². The zero-order valence-corrected chi connectivity index (χ0v) is 10.5. The van der Waals surface area contributed by atoms with Crippen LogP contribution in [0.15, 0.2) is 0 Å². The number of carboxylic acids is 1. The molecule has 1 heterocycles. The zero-order valence-electron chi connectivity index (χ0n) is 10.5. The van der Waals surface area contributed by atoms with Gasteiger partial charge in [0.1, 0.15) is 6.04 Å². The van der Waals surface area contributed by atoms with Crippen molar-refractivity contribution >= 4 is 5.97 Å². The van der Waals surface area contributed by atoms with E-state index < -0.39 is 5.97 Å². The van der Waals surface area contributed by atoms with Crippen molar-refractivity contribution in [1.29, 1.82) is 0 Å². The van der Waals surface area contributed by atoms with Crippen LogP contribution in [0, 0.1) is 0 Å². The highest BCUT2D eigenvalue weighted by Crippen LogP contribution is 2.15. The Hall–Kier alpha value is -0.650. The molecular weight excluding hydrogens is 222 g/mol. The maximum atomic E-state index is 10.8.